The predicted octanol–water partition coefficient (Wildman–Crippen LogP) is 2.35. The topological polar surface area (TPSA) is 9.23 Å². The van der Waals surface area contributed by atoms with Crippen molar-refractivity contribution in [3.05, 3.63) is 0 Å². The molecule has 0 aromatic heterocycles. The van der Waals surface area contributed by atoms with Gasteiger partial charge in [-0.2, -0.15) is 0 Å². The van der Waals surface area contributed by atoms with Crippen LogP contribution in [0.15, 0.2) is 0 Å². The Morgan fingerprint density at radius 1 is 1.10 bits per heavy atom. The smallest absolute Gasteiger partial charge is 0.0658 e. The molecule has 1 heteroatoms. The van der Waals surface area contributed by atoms with Crippen molar-refractivity contribution in [2.45, 2.75) is 51.2 Å². The summed E-state index contributed by atoms with van der Waals surface area (Å²) in [6.07, 6.45) is 6.03. The van der Waals surface area contributed by atoms with Gasteiger partial charge in [-0.1, -0.05) is 0 Å². The van der Waals surface area contributed by atoms with Crippen LogP contribution in [0.5, 0.6) is 0 Å². The van der Waals surface area contributed by atoms with E-state index in [0.29, 0.717) is 6.10 Å². The maximum Gasteiger partial charge on any atom is 0.0658 e. The van der Waals surface area contributed by atoms with Crippen LogP contribution in [0.2, 0.25) is 0 Å². The predicted molar refractivity (Wildman–Crippen MR) is 40.9 cm³/mol. The third-order valence-corrected chi connectivity index (χ3v) is 3.13. The third-order valence-electron chi connectivity index (χ3n) is 3.13. The van der Waals surface area contributed by atoms with Gasteiger partial charge in [0.15, 0.2) is 0 Å². The van der Waals surface area contributed by atoms with E-state index in [2.05, 4.69) is 13.8 Å². The van der Waals surface area contributed by atoms with Crippen LogP contribution in [-0.2, 0) is 4.74 Å². The maximum absolute atomic E-state index is 5.87. The highest BCUT2D eigenvalue weighted by Gasteiger charge is 2.41. The summed E-state index contributed by atoms with van der Waals surface area (Å²) >= 11 is 0. The molecule has 1 saturated carbocycles. The Balaban J connectivity index is 2.15. The Hall–Kier alpha value is -0.0400. The van der Waals surface area contributed by atoms with E-state index in [1.807, 2.05) is 0 Å². The number of ether oxygens (including phenoxy) is 1. The summed E-state index contributed by atoms with van der Waals surface area (Å²) in [7, 11) is 0. The molecule has 3 aliphatic rings. The van der Waals surface area contributed by atoms with Crippen molar-refractivity contribution in [1.82, 2.24) is 0 Å². The molecule has 1 nitrogen and oxygen atoms in total. The first kappa shape index (κ1) is 6.66. The van der Waals surface area contributed by atoms with Crippen LogP contribution >= 0.6 is 0 Å². The molecule has 10 heavy (non-hydrogen) atoms. The molecule has 3 rings (SSSR count). The summed E-state index contributed by atoms with van der Waals surface area (Å²) in [5.74, 6) is 0.845. The van der Waals surface area contributed by atoms with E-state index < -0.39 is 0 Å². The van der Waals surface area contributed by atoms with E-state index in [9.17, 15) is 0 Å². The minimum absolute atomic E-state index is 0.196. The van der Waals surface area contributed by atoms with E-state index in [1.54, 1.807) is 0 Å². The first-order chi connectivity index (χ1) is 4.68. The van der Waals surface area contributed by atoms with Gasteiger partial charge in [0.2, 0.25) is 0 Å². The highest BCUT2D eigenvalue weighted by molar-refractivity contribution is 4.91. The van der Waals surface area contributed by atoms with E-state index >= 15 is 0 Å². The molecular weight excluding hydrogens is 124 g/mol. The molecule has 2 saturated heterocycles. The van der Waals surface area contributed by atoms with E-state index in [-0.39, 0.29) is 5.60 Å². The second-order valence-corrected chi connectivity index (χ2v) is 4.19. The molecule has 58 valence electrons. The fraction of sp³-hybridized carbons (Fsp3) is 1.00. The number of rotatable bonds is 0. The van der Waals surface area contributed by atoms with Crippen molar-refractivity contribution in [2.24, 2.45) is 5.92 Å². The number of fused-ring (bicyclic) bond motifs is 3. The van der Waals surface area contributed by atoms with Gasteiger partial charge in [0, 0.05) is 0 Å². The number of hydrogen-bond acceptors (Lipinski definition) is 1. The molecule has 0 atom stereocenters. The van der Waals surface area contributed by atoms with Gasteiger partial charge >= 0.3 is 0 Å². The fourth-order valence-electron chi connectivity index (χ4n) is 2.40. The average molecular weight is 140 g/mol. The van der Waals surface area contributed by atoms with Crippen LogP contribution < -0.4 is 0 Å². The van der Waals surface area contributed by atoms with Crippen LogP contribution in [0.1, 0.15) is 39.5 Å². The maximum atomic E-state index is 5.87. The molecule has 2 heterocycles. The second-order valence-electron chi connectivity index (χ2n) is 4.19. The van der Waals surface area contributed by atoms with Crippen molar-refractivity contribution in [3.8, 4) is 0 Å². The molecule has 2 bridgehead atoms. The van der Waals surface area contributed by atoms with Crippen molar-refractivity contribution in [2.75, 3.05) is 0 Å². The average Bonchev–Trinajstić information content (AvgIpc) is 1.87. The zero-order valence-corrected chi connectivity index (χ0v) is 6.89. The molecule has 0 unspecified atom stereocenters. The molecule has 0 aromatic rings. The van der Waals surface area contributed by atoms with Crippen molar-refractivity contribution < 1.29 is 4.74 Å². The van der Waals surface area contributed by atoms with Gasteiger partial charge in [-0.05, 0) is 45.4 Å². The lowest BCUT2D eigenvalue weighted by atomic mass is 9.74. The normalized spacial score (nSPS) is 43.8. The molecule has 0 radical (unpaired) electrons. The zero-order valence-electron chi connectivity index (χ0n) is 6.89. The van der Waals surface area contributed by atoms with Crippen LogP contribution in [0.25, 0.3) is 0 Å². The van der Waals surface area contributed by atoms with E-state index in [1.165, 1.54) is 25.7 Å². The first-order valence-corrected chi connectivity index (χ1v) is 4.36. The zero-order chi connectivity index (χ0) is 7.19. The lowest BCUT2D eigenvalue weighted by Crippen LogP contribution is -2.47. The molecule has 1 aliphatic carbocycles. The lowest BCUT2D eigenvalue weighted by Gasteiger charge is -2.48. The molecular formula is C9H16O. The first-order valence-electron chi connectivity index (χ1n) is 4.36. The van der Waals surface area contributed by atoms with Crippen molar-refractivity contribution >= 4 is 0 Å². The summed E-state index contributed by atoms with van der Waals surface area (Å²) < 4.78 is 5.87. The standard InChI is InChI=1S/C9H16O/c1-9(2)7-3-5-8(10-9)6-4-7/h7-8H,3-6H2,1-2H3. The second kappa shape index (κ2) is 1.97. The van der Waals surface area contributed by atoms with Crippen LogP contribution in [0.3, 0.4) is 0 Å². The Morgan fingerprint density at radius 3 is 1.90 bits per heavy atom. The minimum atomic E-state index is 0.196. The third kappa shape index (κ3) is 0.878. The van der Waals surface area contributed by atoms with E-state index in [0.717, 1.165) is 5.92 Å². The van der Waals surface area contributed by atoms with Crippen LogP contribution in [-0.4, -0.2) is 11.7 Å². The summed E-state index contributed by atoms with van der Waals surface area (Å²) in [6, 6.07) is 0. The van der Waals surface area contributed by atoms with E-state index in [4.69, 9.17) is 4.74 Å². The van der Waals surface area contributed by atoms with Gasteiger partial charge in [-0.3, -0.25) is 0 Å². The number of hydrogen-bond donors (Lipinski definition) is 0. The molecule has 0 aromatic carbocycles. The monoisotopic (exact) mass is 140 g/mol. The Kier molecular flexibility index (Phi) is 1.31. The summed E-state index contributed by atoms with van der Waals surface area (Å²) in [6.45, 7) is 4.48. The summed E-state index contributed by atoms with van der Waals surface area (Å²) in [5, 5.41) is 0. The molecule has 0 N–H and O–H groups in total. The highest BCUT2D eigenvalue weighted by atomic mass is 16.5. The lowest BCUT2D eigenvalue weighted by molar-refractivity contribution is -0.177. The molecule has 3 fully saturated rings. The highest BCUT2D eigenvalue weighted by Crippen LogP contribution is 2.43. The van der Waals surface area contributed by atoms with Gasteiger partial charge in [0.25, 0.3) is 0 Å². The minimum Gasteiger partial charge on any atom is -0.372 e. The molecule has 0 amide bonds. The van der Waals surface area contributed by atoms with Gasteiger partial charge in [-0.15, -0.1) is 0 Å². The van der Waals surface area contributed by atoms with Gasteiger partial charge in [0.1, 0.15) is 0 Å². The molecule has 2 aliphatic heterocycles. The Labute approximate surface area is 62.8 Å². The van der Waals surface area contributed by atoms with Crippen LogP contribution in [0.4, 0.5) is 0 Å². The SMILES string of the molecule is CC1(C)OC2CCC1CC2. The quantitative estimate of drug-likeness (QED) is 0.502. The Morgan fingerprint density at radius 2 is 1.70 bits per heavy atom. The Bertz CT molecular complexity index is 132. The largest absolute Gasteiger partial charge is 0.372 e. The summed E-state index contributed by atoms with van der Waals surface area (Å²) in [4.78, 5) is 0. The van der Waals surface area contributed by atoms with Crippen molar-refractivity contribution in [1.29, 1.82) is 0 Å². The molecule has 0 spiro atoms. The van der Waals surface area contributed by atoms with Gasteiger partial charge in [0.05, 0.1) is 11.7 Å². The van der Waals surface area contributed by atoms with Gasteiger partial charge < -0.3 is 4.74 Å². The van der Waals surface area contributed by atoms with Gasteiger partial charge in [-0.25, -0.2) is 0 Å². The van der Waals surface area contributed by atoms with Crippen molar-refractivity contribution in [3.63, 3.8) is 0 Å². The van der Waals surface area contributed by atoms with Crippen LogP contribution in [0, 0.1) is 5.92 Å². The fourth-order valence-corrected chi connectivity index (χ4v) is 2.40. The summed E-state index contributed by atoms with van der Waals surface area (Å²) in [5.41, 5.74) is 0.196.